The van der Waals surface area contributed by atoms with Gasteiger partial charge in [0.1, 0.15) is 17.8 Å². The molecule has 0 unspecified atom stereocenters. The number of para-hydroxylation sites is 1. The number of ether oxygens (including phenoxy) is 2. The van der Waals surface area contributed by atoms with E-state index >= 15 is 0 Å². The molecule has 6 nitrogen and oxygen atoms in total. The summed E-state index contributed by atoms with van der Waals surface area (Å²) in [6.07, 6.45) is 1.11. The van der Waals surface area contributed by atoms with Gasteiger partial charge in [0, 0.05) is 6.42 Å². The van der Waals surface area contributed by atoms with Crippen LogP contribution in [0.15, 0.2) is 23.2 Å². The average molecular weight is 350 g/mol. The first-order chi connectivity index (χ1) is 11.6. The third-order valence-electron chi connectivity index (χ3n) is 3.24. The van der Waals surface area contributed by atoms with Crippen molar-refractivity contribution in [1.29, 1.82) is 0 Å². The van der Waals surface area contributed by atoms with Crippen LogP contribution in [0, 0.1) is 0 Å². The molecule has 0 aliphatic heterocycles. The van der Waals surface area contributed by atoms with Gasteiger partial charge in [-0.1, -0.05) is 24.3 Å². The highest BCUT2D eigenvalue weighted by Crippen LogP contribution is 2.27. The number of aromatic nitrogens is 1. The molecule has 1 aromatic heterocycles. The molecule has 1 aromatic carbocycles. The molecule has 0 saturated heterocycles. The van der Waals surface area contributed by atoms with Gasteiger partial charge in [-0.2, -0.15) is 4.99 Å². The molecule has 7 heteroatoms. The normalized spacial score (nSPS) is 11.7. The van der Waals surface area contributed by atoms with Crippen molar-refractivity contribution in [1.82, 2.24) is 4.57 Å². The molecule has 0 spiro atoms. The molecule has 0 aliphatic carbocycles. The van der Waals surface area contributed by atoms with Crippen molar-refractivity contribution in [3.8, 4) is 5.75 Å². The number of rotatable bonds is 7. The lowest BCUT2D eigenvalue weighted by Gasteiger charge is -2.09. The molecular weight excluding hydrogens is 328 g/mol. The summed E-state index contributed by atoms with van der Waals surface area (Å²) in [5.41, 5.74) is 0.764. The predicted octanol–water partition coefficient (Wildman–Crippen LogP) is 2.89. The Kier molecular flexibility index (Phi) is 6.54. The topological polar surface area (TPSA) is 69.9 Å². The number of carbonyl (C=O) groups is 2. The Balaban J connectivity index is 2.61. The van der Waals surface area contributed by atoms with Crippen LogP contribution in [0.4, 0.5) is 0 Å². The van der Waals surface area contributed by atoms with Crippen molar-refractivity contribution in [2.45, 2.75) is 40.2 Å². The Hall–Kier alpha value is -2.15. The highest BCUT2D eigenvalue weighted by molar-refractivity contribution is 7.16. The van der Waals surface area contributed by atoms with Crippen LogP contribution in [0.2, 0.25) is 0 Å². The standard InChI is InChI=1S/C17H22N2O4S/c1-4-8-14(20)18-17-19(11-15(21)23-6-3)16-12(22-5-2)9-7-10-13(16)24-17/h7,9-10H,4-6,8,11H2,1-3H3. The second-order valence-electron chi connectivity index (χ2n) is 5.07. The van der Waals surface area contributed by atoms with E-state index in [1.54, 1.807) is 11.5 Å². The Morgan fingerprint density at radius 2 is 2.00 bits per heavy atom. The van der Waals surface area contributed by atoms with E-state index in [0.717, 1.165) is 16.6 Å². The molecule has 0 atom stereocenters. The lowest BCUT2D eigenvalue weighted by molar-refractivity contribution is -0.143. The van der Waals surface area contributed by atoms with Gasteiger partial charge in [-0.05, 0) is 32.4 Å². The van der Waals surface area contributed by atoms with E-state index in [0.29, 0.717) is 30.2 Å². The van der Waals surface area contributed by atoms with Gasteiger partial charge >= 0.3 is 5.97 Å². The van der Waals surface area contributed by atoms with Crippen molar-refractivity contribution in [2.24, 2.45) is 4.99 Å². The minimum atomic E-state index is -0.368. The van der Waals surface area contributed by atoms with Gasteiger partial charge in [0.25, 0.3) is 0 Å². The summed E-state index contributed by atoms with van der Waals surface area (Å²) in [5.74, 6) is 0.104. The van der Waals surface area contributed by atoms with E-state index in [2.05, 4.69) is 4.99 Å². The second-order valence-corrected chi connectivity index (χ2v) is 6.08. The van der Waals surface area contributed by atoms with Crippen LogP contribution in [0.5, 0.6) is 5.75 Å². The van der Waals surface area contributed by atoms with Crippen LogP contribution >= 0.6 is 11.3 Å². The number of carbonyl (C=O) groups excluding carboxylic acids is 2. The van der Waals surface area contributed by atoms with E-state index in [-0.39, 0.29) is 18.4 Å². The zero-order chi connectivity index (χ0) is 17.5. The van der Waals surface area contributed by atoms with E-state index in [1.807, 2.05) is 32.0 Å². The quantitative estimate of drug-likeness (QED) is 0.720. The highest BCUT2D eigenvalue weighted by Gasteiger charge is 2.15. The summed E-state index contributed by atoms with van der Waals surface area (Å²) < 4.78 is 13.3. The molecule has 0 fully saturated rings. The maximum Gasteiger partial charge on any atom is 0.326 e. The Morgan fingerprint density at radius 1 is 1.21 bits per heavy atom. The first kappa shape index (κ1) is 18.2. The third-order valence-corrected chi connectivity index (χ3v) is 4.28. The van der Waals surface area contributed by atoms with E-state index < -0.39 is 0 Å². The summed E-state index contributed by atoms with van der Waals surface area (Å²) in [4.78, 5) is 28.6. The maximum absolute atomic E-state index is 12.0. The van der Waals surface area contributed by atoms with Gasteiger partial charge in [-0.3, -0.25) is 9.59 Å². The fourth-order valence-electron chi connectivity index (χ4n) is 2.31. The molecular formula is C17H22N2O4S. The number of nitrogens with zero attached hydrogens (tertiary/aromatic N) is 2. The van der Waals surface area contributed by atoms with Crippen LogP contribution in [0.25, 0.3) is 10.2 Å². The van der Waals surface area contributed by atoms with Crippen LogP contribution in [-0.2, 0) is 20.9 Å². The smallest absolute Gasteiger partial charge is 0.326 e. The first-order valence-electron chi connectivity index (χ1n) is 8.09. The number of hydrogen-bond donors (Lipinski definition) is 0. The SMILES string of the molecule is CCCC(=O)N=c1sc2cccc(OCC)c2n1CC(=O)OCC. The summed E-state index contributed by atoms with van der Waals surface area (Å²) in [6, 6.07) is 5.65. The molecule has 1 amide bonds. The Morgan fingerprint density at radius 3 is 2.67 bits per heavy atom. The van der Waals surface area contributed by atoms with E-state index in [4.69, 9.17) is 9.47 Å². The van der Waals surface area contributed by atoms with Gasteiger partial charge in [0.2, 0.25) is 5.91 Å². The predicted molar refractivity (Wildman–Crippen MR) is 93.1 cm³/mol. The van der Waals surface area contributed by atoms with Gasteiger partial charge in [0.05, 0.1) is 17.9 Å². The summed E-state index contributed by atoms with van der Waals surface area (Å²) in [6.45, 7) is 6.40. The van der Waals surface area contributed by atoms with Gasteiger partial charge < -0.3 is 14.0 Å². The summed E-state index contributed by atoms with van der Waals surface area (Å²) >= 11 is 1.37. The van der Waals surface area contributed by atoms with Gasteiger partial charge in [0.15, 0.2) is 4.80 Å². The van der Waals surface area contributed by atoms with Gasteiger partial charge in [-0.15, -0.1) is 0 Å². The molecule has 2 rings (SSSR count). The minimum Gasteiger partial charge on any atom is -0.492 e. The number of benzene rings is 1. The molecule has 0 bridgehead atoms. The van der Waals surface area contributed by atoms with Crippen molar-refractivity contribution >= 4 is 33.4 Å². The van der Waals surface area contributed by atoms with Crippen molar-refractivity contribution in [2.75, 3.05) is 13.2 Å². The number of amides is 1. The maximum atomic E-state index is 12.0. The van der Waals surface area contributed by atoms with E-state index in [9.17, 15) is 9.59 Å². The number of hydrogen-bond acceptors (Lipinski definition) is 5. The second kappa shape index (κ2) is 8.63. The van der Waals surface area contributed by atoms with Crippen LogP contribution in [0.3, 0.4) is 0 Å². The van der Waals surface area contributed by atoms with Crippen molar-refractivity contribution < 1.29 is 19.1 Å². The number of thiazole rings is 1. The minimum absolute atomic E-state index is 0.00380. The summed E-state index contributed by atoms with van der Waals surface area (Å²) in [7, 11) is 0. The molecule has 0 N–H and O–H groups in total. The zero-order valence-electron chi connectivity index (χ0n) is 14.2. The fraction of sp³-hybridized carbons (Fsp3) is 0.471. The summed E-state index contributed by atoms with van der Waals surface area (Å²) in [5, 5.41) is 0. The lowest BCUT2D eigenvalue weighted by atomic mass is 10.3. The molecule has 0 radical (unpaired) electrons. The molecule has 1 heterocycles. The first-order valence-corrected chi connectivity index (χ1v) is 8.90. The van der Waals surface area contributed by atoms with Crippen molar-refractivity contribution in [3.63, 3.8) is 0 Å². The fourth-order valence-corrected chi connectivity index (χ4v) is 3.38. The zero-order valence-corrected chi connectivity index (χ0v) is 15.0. The van der Waals surface area contributed by atoms with Gasteiger partial charge in [-0.25, -0.2) is 0 Å². The van der Waals surface area contributed by atoms with Crippen LogP contribution in [0.1, 0.15) is 33.6 Å². The average Bonchev–Trinajstić information content (AvgIpc) is 2.86. The monoisotopic (exact) mass is 350 g/mol. The Labute approximate surface area is 144 Å². The van der Waals surface area contributed by atoms with E-state index in [1.165, 1.54) is 11.3 Å². The molecule has 130 valence electrons. The van der Waals surface area contributed by atoms with Crippen LogP contribution < -0.4 is 9.54 Å². The molecule has 2 aromatic rings. The molecule has 24 heavy (non-hydrogen) atoms. The molecule has 0 saturated carbocycles. The van der Waals surface area contributed by atoms with Crippen molar-refractivity contribution in [3.05, 3.63) is 23.0 Å². The Bertz CT molecular complexity index is 791. The highest BCUT2D eigenvalue weighted by atomic mass is 32.1. The largest absolute Gasteiger partial charge is 0.492 e. The number of esters is 1. The van der Waals surface area contributed by atoms with Crippen LogP contribution in [-0.4, -0.2) is 29.7 Å². The lowest BCUT2D eigenvalue weighted by Crippen LogP contribution is -2.23. The third kappa shape index (κ3) is 4.23. The molecule has 0 aliphatic rings. The number of fused-ring (bicyclic) bond motifs is 1.